The fourth-order valence-corrected chi connectivity index (χ4v) is 1.97. The maximum absolute atomic E-state index is 11.9. The number of phenolic OH excluding ortho intramolecular Hbond substituents is 1. The Hall–Kier alpha value is -2.75. The molecule has 120 valence electrons. The van der Waals surface area contributed by atoms with E-state index in [1.165, 1.54) is 18.2 Å². The number of aromatic hydroxyl groups is 1. The van der Waals surface area contributed by atoms with Gasteiger partial charge in [0.15, 0.2) is 0 Å². The van der Waals surface area contributed by atoms with Gasteiger partial charge in [-0.05, 0) is 42.8 Å². The minimum atomic E-state index is -0.237. The quantitative estimate of drug-likeness (QED) is 0.457. The lowest BCUT2D eigenvalue weighted by Gasteiger charge is -2.08. The van der Waals surface area contributed by atoms with Crippen LogP contribution >= 0.6 is 0 Å². The van der Waals surface area contributed by atoms with Crippen LogP contribution in [0, 0.1) is 0 Å². The number of unbranched alkanes of at least 4 members (excludes halogenated alkanes) is 1. The Morgan fingerprint density at radius 1 is 1.17 bits per heavy atom. The van der Waals surface area contributed by atoms with Crippen molar-refractivity contribution < 1.29 is 14.6 Å². The summed E-state index contributed by atoms with van der Waals surface area (Å²) in [5, 5.41) is 12.0. The van der Waals surface area contributed by atoms with Crippen LogP contribution in [0.2, 0.25) is 0 Å². The number of para-hydroxylation sites is 1. The zero-order chi connectivity index (χ0) is 16.5. The van der Waals surface area contributed by atoms with Gasteiger partial charge in [0.1, 0.15) is 11.5 Å². The molecule has 4 nitrogen and oxygen atoms in total. The molecule has 0 aliphatic rings. The Bertz CT molecular complexity index is 663. The van der Waals surface area contributed by atoms with E-state index in [0.717, 1.165) is 24.2 Å². The van der Waals surface area contributed by atoms with Crippen LogP contribution in [0.5, 0.6) is 11.5 Å². The van der Waals surface area contributed by atoms with Crippen molar-refractivity contribution in [1.82, 2.24) is 0 Å². The molecule has 0 unspecified atom stereocenters. The third-order valence-corrected chi connectivity index (χ3v) is 3.22. The number of nitrogens with one attached hydrogen (secondary N) is 1. The molecular formula is C19H21NO3. The highest BCUT2D eigenvalue weighted by atomic mass is 16.5. The summed E-state index contributed by atoms with van der Waals surface area (Å²) in [6.07, 6.45) is 5.28. The molecule has 0 aliphatic carbocycles. The van der Waals surface area contributed by atoms with Crippen LogP contribution in [0.4, 0.5) is 5.69 Å². The predicted octanol–water partition coefficient (Wildman–Crippen LogP) is 4.22. The molecule has 0 spiro atoms. The first-order valence-electron chi connectivity index (χ1n) is 7.69. The van der Waals surface area contributed by atoms with Crippen molar-refractivity contribution >= 4 is 17.7 Å². The van der Waals surface area contributed by atoms with Crippen molar-refractivity contribution in [3.8, 4) is 11.5 Å². The van der Waals surface area contributed by atoms with Crippen molar-refractivity contribution in [3.05, 3.63) is 60.2 Å². The van der Waals surface area contributed by atoms with E-state index in [4.69, 9.17) is 4.74 Å². The highest BCUT2D eigenvalue weighted by molar-refractivity contribution is 6.02. The second kappa shape index (κ2) is 8.63. The van der Waals surface area contributed by atoms with E-state index in [1.54, 1.807) is 18.2 Å². The van der Waals surface area contributed by atoms with E-state index in [2.05, 4.69) is 12.2 Å². The summed E-state index contributed by atoms with van der Waals surface area (Å²) in [6.45, 7) is 2.78. The topological polar surface area (TPSA) is 58.6 Å². The highest BCUT2D eigenvalue weighted by Crippen LogP contribution is 2.20. The molecular weight excluding hydrogens is 290 g/mol. The van der Waals surface area contributed by atoms with Crippen LogP contribution in [0.25, 0.3) is 6.08 Å². The van der Waals surface area contributed by atoms with E-state index in [9.17, 15) is 9.90 Å². The van der Waals surface area contributed by atoms with E-state index in [0.29, 0.717) is 12.3 Å². The van der Waals surface area contributed by atoms with E-state index >= 15 is 0 Å². The molecule has 0 radical (unpaired) electrons. The van der Waals surface area contributed by atoms with Gasteiger partial charge in [-0.1, -0.05) is 31.5 Å². The summed E-state index contributed by atoms with van der Waals surface area (Å²) in [7, 11) is 0. The average Bonchev–Trinajstić information content (AvgIpc) is 2.56. The van der Waals surface area contributed by atoms with E-state index < -0.39 is 0 Å². The van der Waals surface area contributed by atoms with Gasteiger partial charge in [0.25, 0.3) is 0 Å². The minimum absolute atomic E-state index is 0.164. The molecule has 23 heavy (non-hydrogen) atoms. The molecule has 0 saturated heterocycles. The van der Waals surface area contributed by atoms with Crippen LogP contribution in [-0.2, 0) is 4.79 Å². The van der Waals surface area contributed by atoms with Gasteiger partial charge < -0.3 is 15.2 Å². The fraction of sp³-hybridized carbons (Fsp3) is 0.211. The van der Waals surface area contributed by atoms with Crippen LogP contribution in [0.3, 0.4) is 0 Å². The van der Waals surface area contributed by atoms with Crippen LogP contribution in [-0.4, -0.2) is 17.6 Å². The first kappa shape index (κ1) is 16.6. The first-order valence-corrected chi connectivity index (χ1v) is 7.69. The number of carbonyl (C=O) groups is 1. The van der Waals surface area contributed by atoms with Crippen molar-refractivity contribution in [2.75, 3.05) is 11.9 Å². The van der Waals surface area contributed by atoms with Crippen molar-refractivity contribution in [1.29, 1.82) is 0 Å². The Labute approximate surface area is 136 Å². The highest BCUT2D eigenvalue weighted by Gasteiger charge is 2.02. The molecule has 2 aromatic carbocycles. The Morgan fingerprint density at radius 2 is 1.91 bits per heavy atom. The van der Waals surface area contributed by atoms with Gasteiger partial charge in [0, 0.05) is 17.3 Å². The monoisotopic (exact) mass is 311 g/mol. The number of benzene rings is 2. The zero-order valence-corrected chi connectivity index (χ0v) is 13.2. The van der Waals surface area contributed by atoms with E-state index in [-0.39, 0.29) is 11.7 Å². The number of rotatable bonds is 7. The molecule has 2 aromatic rings. The number of ether oxygens (including phenoxy) is 1. The first-order chi connectivity index (χ1) is 11.2. The lowest BCUT2D eigenvalue weighted by atomic mass is 10.2. The SMILES string of the molecule is CCCCOc1ccccc1/C=C/C(=O)Nc1ccc(O)cc1. The van der Waals surface area contributed by atoms with Crippen LogP contribution < -0.4 is 10.1 Å². The molecule has 0 atom stereocenters. The summed E-state index contributed by atoms with van der Waals surface area (Å²) in [6, 6.07) is 14.0. The second-order valence-electron chi connectivity index (χ2n) is 5.11. The molecule has 2 N–H and O–H groups in total. The van der Waals surface area contributed by atoms with E-state index in [1.807, 2.05) is 24.3 Å². The van der Waals surface area contributed by atoms with Crippen LogP contribution in [0.15, 0.2) is 54.6 Å². The van der Waals surface area contributed by atoms with Gasteiger partial charge in [0.05, 0.1) is 6.61 Å². The number of amides is 1. The maximum Gasteiger partial charge on any atom is 0.248 e. The summed E-state index contributed by atoms with van der Waals surface area (Å²) in [5.74, 6) is 0.699. The molecule has 0 aliphatic heterocycles. The van der Waals surface area contributed by atoms with Gasteiger partial charge in [0.2, 0.25) is 5.91 Å². The lowest BCUT2D eigenvalue weighted by molar-refractivity contribution is -0.111. The summed E-state index contributed by atoms with van der Waals surface area (Å²) in [5.41, 5.74) is 1.49. The van der Waals surface area contributed by atoms with Gasteiger partial charge >= 0.3 is 0 Å². The maximum atomic E-state index is 11.9. The van der Waals surface area contributed by atoms with Crippen molar-refractivity contribution in [3.63, 3.8) is 0 Å². The standard InChI is InChI=1S/C19H21NO3/c1-2-3-14-23-18-7-5-4-6-15(18)8-13-19(22)20-16-9-11-17(21)12-10-16/h4-13,21H,2-3,14H2,1H3,(H,20,22)/b13-8+. The third kappa shape index (κ3) is 5.51. The molecule has 2 rings (SSSR count). The lowest BCUT2D eigenvalue weighted by Crippen LogP contribution is -2.07. The molecule has 0 fully saturated rings. The third-order valence-electron chi connectivity index (χ3n) is 3.22. The Kier molecular flexibility index (Phi) is 6.24. The molecule has 0 heterocycles. The normalized spacial score (nSPS) is 10.7. The van der Waals surface area contributed by atoms with Gasteiger partial charge in [-0.25, -0.2) is 0 Å². The number of hydrogen-bond donors (Lipinski definition) is 2. The van der Waals surface area contributed by atoms with Gasteiger partial charge in [-0.3, -0.25) is 4.79 Å². The minimum Gasteiger partial charge on any atom is -0.508 e. The second-order valence-corrected chi connectivity index (χ2v) is 5.11. The number of hydrogen-bond acceptors (Lipinski definition) is 3. The number of anilines is 1. The average molecular weight is 311 g/mol. The summed E-state index contributed by atoms with van der Waals surface area (Å²) < 4.78 is 5.73. The van der Waals surface area contributed by atoms with Crippen molar-refractivity contribution in [2.45, 2.75) is 19.8 Å². The number of carbonyl (C=O) groups excluding carboxylic acids is 1. The van der Waals surface area contributed by atoms with Gasteiger partial charge in [-0.2, -0.15) is 0 Å². The predicted molar refractivity (Wildman–Crippen MR) is 92.6 cm³/mol. The van der Waals surface area contributed by atoms with Crippen molar-refractivity contribution in [2.24, 2.45) is 0 Å². The van der Waals surface area contributed by atoms with Crippen LogP contribution in [0.1, 0.15) is 25.3 Å². The fourth-order valence-electron chi connectivity index (χ4n) is 1.97. The molecule has 1 amide bonds. The summed E-state index contributed by atoms with van der Waals surface area (Å²) >= 11 is 0. The molecule has 4 heteroatoms. The zero-order valence-electron chi connectivity index (χ0n) is 13.2. The smallest absolute Gasteiger partial charge is 0.248 e. The largest absolute Gasteiger partial charge is 0.508 e. The summed E-state index contributed by atoms with van der Waals surface area (Å²) in [4.78, 5) is 11.9. The molecule has 0 aromatic heterocycles. The number of phenols is 1. The Morgan fingerprint density at radius 3 is 2.65 bits per heavy atom. The molecule has 0 saturated carbocycles. The molecule has 0 bridgehead atoms. The van der Waals surface area contributed by atoms with Gasteiger partial charge in [-0.15, -0.1) is 0 Å². The Balaban J connectivity index is 1.98.